The number of carbonyl (C=O) groups is 1. The summed E-state index contributed by atoms with van der Waals surface area (Å²) in [7, 11) is 1.61. The number of hydrogen-bond donors (Lipinski definition) is 1. The first-order valence-corrected chi connectivity index (χ1v) is 5.79. The molecule has 1 spiro atoms. The molecule has 2 unspecified atom stereocenters. The molecule has 0 bridgehead atoms. The number of quaternary nitrogens is 1. The molecule has 2 aliphatic heterocycles. The molecule has 0 aromatic rings. The SMILES string of the molecule is CC.COCC1CC[N+]2(C=CC(N)=NC2=O)O1. The van der Waals surface area contributed by atoms with Crippen LogP contribution in [0.3, 0.4) is 0 Å². The number of rotatable bonds is 2. The van der Waals surface area contributed by atoms with Crippen LogP contribution in [0.1, 0.15) is 20.3 Å². The smallest absolute Gasteiger partial charge is 0.383 e. The molecule has 2 N–H and O–H groups in total. The standard InChI is InChI=1S/C9H13N3O3.C2H6/c1-14-6-7-2-4-12(15-7)5-3-8(10)11-9(12)13;1-2/h3,5,7H,2,4,6H2,1H3,(H-,10,11,13);1-2H3/p+1. The van der Waals surface area contributed by atoms with Gasteiger partial charge in [-0.05, 0) is 0 Å². The van der Waals surface area contributed by atoms with Crippen LogP contribution in [0.5, 0.6) is 0 Å². The highest BCUT2D eigenvalue weighted by Gasteiger charge is 2.47. The molecular formula is C11H20N3O3+. The number of nitrogens with zero attached hydrogens (tertiary/aromatic N) is 2. The van der Waals surface area contributed by atoms with E-state index in [0.717, 1.165) is 6.42 Å². The molecule has 2 aliphatic rings. The molecule has 0 radical (unpaired) electrons. The fourth-order valence-corrected chi connectivity index (χ4v) is 1.75. The van der Waals surface area contributed by atoms with E-state index in [1.165, 1.54) is 0 Å². The van der Waals surface area contributed by atoms with Crippen molar-refractivity contribution in [3.63, 3.8) is 0 Å². The van der Waals surface area contributed by atoms with E-state index in [4.69, 9.17) is 15.3 Å². The lowest BCUT2D eigenvalue weighted by Gasteiger charge is -2.23. The Morgan fingerprint density at radius 2 is 2.35 bits per heavy atom. The lowest BCUT2D eigenvalue weighted by atomic mass is 10.3. The van der Waals surface area contributed by atoms with Crippen molar-refractivity contribution in [1.82, 2.24) is 0 Å². The highest BCUT2D eigenvalue weighted by Crippen LogP contribution is 2.27. The van der Waals surface area contributed by atoms with Crippen LogP contribution in [0.15, 0.2) is 17.3 Å². The molecule has 2 rings (SSSR count). The summed E-state index contributed by atoms with van der Waals surface area (Å²) in [5.74, 6) is 0.225. The normalized spacial score (nSPS) is 31.1. The summed E-state index contributed by atoms with van der Waals surface area (Å²) in [6.07, 6.45) is 3.95. The molecule has 1 saturated heterocycles. The maximum atomic E-state index is 11.7. The van der Waals surface area contributed by atoms with Crippen LogP contribution in [-0.4, -0.2) is 42.9 Å². The van der Waals surface area contributed by atoms with Crippen molar-refractivity contribution in [3.8, 4) is 0 Å². The third-order valence-corrected chi connectivity index (χ3v) is 2.51. The van der Waals surface area contributed by atoms with Gasteiger partial charge in [-0.2, -0.15) is 4.84 Å². The van der Waals surface area contributed by atoms with Gasteiger partial charge in [0.25, 0.3) is 0 Å². The van der Waals surface area contributed by atoms with E-state index in [9.17, 15) is 4.79 Å². The number of hydroxylamine groups is 3. The summed E-state index contributed by atoms with van der Waals surface area (Å²) < 4.78 is 4.80. The van der Waals surface area contributed by atoms with Crippen LogP contribution in [0.4, 0.5) is 4.79 Å². The van der Waals surface area contributed by atoms with Gasteiger partial charge in [-0.25, -0.2) is 4.79 Å². The predicted octanol–water partition coefficient (Wildman–Crippen LogP) is 1.18. The number of amides is 2. The van der Waals surface area contributed by atoms with E-state index in [0.29, 0.717) is 13.2 Å². The molecule has 1 fully saturated rings. The number of ether oxygens (including phenoxy) is 1. The molecular weight excluding hydrogens is 222 g/mol. The average molecular weight is 242 g/mol. The fourth-order valence-electron chi connectivity index (χ4n) is 1.75. The number of aliphatic imine (C=N–C) groups is 1. The Balaban J connectivity index is 0.000000686. The fraction of sp³-hybridized carbons (Fsp3) is 0.636. The third kappa shape index (κ3) is 2.91. The second-order valence-corrected chi connectivity index (χ2v) is 3.63. The van der Waals surface area contributed by atoms with Crippen molar-refractivity contribution < 1.29 is 19.0 Å². The van der Waals surface area contributed by atoms with Crippen LogP contribution < -0.4 is 5.73 Å². The van der Waals surface area contributed by atoms with Crippen molar-refractivity contribution in [2.75, 3.05) is 20.3 Å². The number of amidine groups is 1. The second kappa shape index (κ2) is 5.90. The predicted molar refractivity (Wildman–Crippen MR) is 64.0 cm³/mol. The van der Waals surface area contributed by atoms with Gasteiger partial charge in [0.2, 0.25) is 0 Å². The highest BCUT2D eigenvalue weighted by molar-refractivity contribution is 5.99. The molecule has 6 nitrogen and oxygen atoms in total. The van der Waals surface area contributed by atoms with Crippen molar-refractivity contribution in [3.05, 3.63) is 12.3 Å². The number of hydrogen-bond acceptors (Lipinski definition) is 4. The molecule has 0 aromatic carbocycles. The topological polar surface area (TPSA) is 73.9 Å². The van der Waals surface area contributed by atoms with Crippen LogP contribution in [0.25, 0.3) is 0 Å². The Labute approximate surface area is 101 Å². The molecule has 2 amide bonds. The van der Waals surface area contributed by atoms with Crippen LogP contribution in [0, 0.1) is 0 Å². The Bertz CT molecular complexity index is 341. The van der Waals surface area contributed by atoms with Crippen LogP contribution >= 0.6 is 0 Å². The van der Waals surface area contributed by atoms with Gasteiger partial charge in [0, 0.05) is 19.6 Å². The first kappa shape index (κ1) is 13.8. The van der Waals surface area contributed by atoms with Gasteiger partial charge in [0.1, 0.15) is 24.7 Å². The van der Waals surface area contributed by atoms with Gasteiger partial charge >= 0.3 is 6.03 Å². The Kier molecular flexibility index (Phi) is 4.80. The summed E-state index contributed by atoms with van der Waals surface area (Å²) in [6, 6.07) is -0.367. The van der Waals surface area contributed by atoms with E-state index >= 15 is 0 Å². The summed E-state index contributed by atoms with van der Waals surface area (Å²) in [4.78, 5) is 21.0. The summed E-state index contributed by atoms with van der Waals surface area (Å²) in [5, 5.41) is 0. The zero-order chi connectivity index (χ0) is 12.9. The maximum Gasteiger partial charge on any atom is 0.481 e. The minimum absolute atomic E-state index is 0.0573. The number of methoxy groups -OCH3 is 1. The van der Waals surface area contributed by atoms with Gasteiger partial charge in [-0.3, -0.25) is 0 Å². The van der Waals surface area contributed by atoms with Crippen LogP contribution in [0.2, 0.25) is 0 Å². The van der Waals surface area contributed by atoms with E-state index in [2.05, 4.69) is 4.99 Å². The molecule has 96 valence electrons. The second-order valence-electron chi connectivity index (χ2n) is 3.63. The molecule has 2 heterocycles. The summed E-state index contributed by atoms with van der Waals surface area (Å²) in [5.41, 5.74) is 5.42. The lowest BCUT2D eigenvalue weighted by Crippen LogP contribution is -2.46. The summed E-state index contributed by atoms with van der Waals surface area (Å²) in [6.45, 7) is 5.07. The summed E-state index contributed by atoms with van der Waals surface area (Å²) >= 11 is 0. The molecule has 17 heavy (non-hydrogen) atoms. The van der Waals surface area contributed by atoms with E-state index in [1.54, 1.807) is 19.4 Å². The van der Waals surface area contributed by atoms with Crippen molar-refractivity contribution >= 4 is 11.9 Å². The van der Waals surface area contributed by atoms with Gasteiger partial charge in [0.05, 0.1) is 6.61 Å². The number of urea groups is 1. The average Bonchev–Trinajstić information content (AvgIpc) is 2.73. The first-order valence-electron chi connectivity index (χ1n) is 5.79. The molecule has 0 saturated carbocycles. The largest absolute Gasteiger partial charge is 0.481 e. The first-order chi connectivity index (χ1) is 8.16. The van der Waals surface area contributed by atoms with Gasteiger partial charge in [0.15, 0.2) is 0 Å². The zero-order valence-electron chi connectivity index (χ0n) is 10.5. The van der Waals surface area contributed by atoms with Gasteiger partial charge in [-0.15, -0.1) is 4.99 Å². The van der Waals surface area contributed by atoms with Crippen LogP contribution in [-0.2, 0) is 9.57 Å². The lowest BCUT2D eigenvalue weighted by molar-refractivity contribution is -0.988. The molecule has 0 aromatic heterocycles. The van der Waals surface area contributed by atoms with Gasteiger partial charge in [-0.1, -0.05) is 18.5 Å². The number of carbonyl (C=O) groups excluding carboxylic acids is 1. The monoisotopic (exact) mass is 242 g/mol. The van der Waals surface area contributed by atoms with Crippen molar-refractivity contribution in [2.24, 2.45) is 10.7 Å². The van der Waals surface area contributed by atoms with Gasteiger partial charge < -0.3 is 10.5 Å². The Hall–Kier alpha value is -1.24. The van der Waals surface area contributed by atoms with E-state index in [-0.39, 0.29) is 22.6 Å². The minimum Gasteiger partial charge on any atom is -0.383 e. The maximum absolute atomic E-state index is 11.7. The zero-order valence-corrected chi connectivity index (χ0v) is 10.5. The van der Waals surface area contributed by atoms with Crippen molar-refractivity contribution in [1.29, 1.82) is 0 Å². The molecule has 2 atom stereocenters. The van der Waals surface area contributed by atoms with Crippen molar-refractivity contribution in [2.45, 2.75) is 26.4 Å². The quantitative estimate of drug-likeness (QED) is 0.738. The minimum atomic E-state index is -0.367. The number of nitrogens with two attached hydrogens (primary N) is 1. The molecule has 0 aliphatic carbocycles. The highest BCUT2D eigenvalue weighted by atomic mass is 16.7. The van der Waals surface area contributed by atoms with E-state index < -0.39 is 0 Å². The van der Waals surface area contributed by atoms with E-state index in [1.807, 2.05) is 13.8 Å². The Morgan fingerprint density at radius 3 is 2.94 bits per heavy atom. The Morgan fingerprint density at radius 1 is 1.65 bits per heavy atom. The molecule has 6 heteroatoms. The third-order valence-electron chi connectivity index (χ3n) is 2.51.